The van der Waals surface area contributed by atoms with Gasteiger partial charge in [0.05, 0.1) is 11.7 Å². The molecule has 0 aliphatic carbocycles. The van der Waals surface area contributed by atoms with E-state index in [1.54, 1.807) is 6.07 Å². The highest BCUT2D eigenvalue weighted by Crippen LogP contribution is 2.39. The van der Waals surface area contributed by atoms with Crippen molar-refractivity contribution in [2.45, 2.75) is 18.6 Å². The Bertz CT molecular complexity index is 1490. The number of rotatable bonds is 5. The standard InChI is InChI=1S/C22H17F3N6O3/c1-29-19(10-16(27-29)20(26)32)34-18-7-6-11(8-14(18)24)31-22(33)30-17(9-15(25)21(30)28-31)12-4-2-3-5-13(12)23/h2-8,10,15,17H,9H2,1H3,(H2,26,32)/t15-,17-/m0/s1. The average molecular weight is 470 g/mol. The third-order valence-electron chi connectivity index (χ3n) is 5.59. The molecular formula is C22H17F3N6O3. The summed E-state index contributed by atoms with van der Waals surface area (Å²) < 4.78 is 52.4. The number of aromatic nitrogens is 5. The minimum Gasteiger partial charge on any atom is -0.436 e. The number of aryl methyl sites for hydroxylation is 1. The average Bonchev–Trinajstić information content (AvgIpc) is 3.44. The van der Waals surface area contributed by atoms with Crippen molar-refractivity contribution in [1.82, 2.24) is 24.1 Å². The minimum atomic E-state index is -1.59. The van der Waals surface area contributed by atoms with Gasteiger partial charge in [0.1, 0.15) is 5.82 Å². The number of carbonyl (C=O) groups excluding carboxylic acids is 1. The highest BCUT2D eigenvalue weighted by molar-refractivity contribution is 5.91. The first-order valence-electron chi connectivity index (χ1n) is 10.2. The van der Waals surface area contributed by atoms with E-state index in [0.29, 0.717) is 0 Å². The zero-order valence-corrected chi connectivity index (χ0v) is 17.7. The molecule has 2 aromatic carbocycles. The summed E-state index contributed by atoms with van der Waals surface area (Å²) in [5, 5.41) is 7.90. The van der Waals surface area contributed by atoms with Crippen LogP contribution in [0.15, 0.2) is 53.3 Å². The van der Waals surface area contributed by atoms with E-state index in [1.807, 2.05) is 0 Å². The van der Waals surface area contributed by atoms with E-state index in [9.17, 15) is 22.8 Å². The number of hydrogen-bond donors (Lipinski definition) is 1. The molecule has 2 atom stereocenters. The molecule has 1 aliphatic heterocycles. The molecule has 0 radical (unpaired) electrons. The fourth-order valence-electron chi connectivity index (χ4n) is 3.97. The van der Waals surface area contributed by atoms with Crippen LogP contribution in [0.2, 0.25) is 0 Å². The van der Waals surface area contributed by atoms with Gasteiger partial charge in [-0.3, -0.25) is 9.36 Å². The Kier molecular flexibility index (Phi) is 5.00. The first-order valence-corrected chi connectivity index (χ1v) is 10.2. The van der Waals surface area contributed by atoms with E-state index in [2.05, 4.69) is 10.2 Å². The number of amides is 1. The second-order valence-electron chi connectivity index (χ2n) is 7.74. The van der Waals surface area contributed by atoms with Crippen LogP contribution in [-0.2, 0) is 7.05 Å². The molecule has 174 valence electrons. The van der Waals surface area contributed by atoms with Gasteiger partial charge in [0.2, 0.25) is 5.88 Å². The Morgan fingerprint density at radius 1 is 1.12 bits per heavy atom. The molecule has 0 bridgehead atoms. The minimum absolute atomic E-state index is 0.0269. The van der Waals surface area contributed by atoms with Gasteiger partial charge < -0.3 is 10.5 Å². The predicted molar refractivity (Wildman–Crippen MR) is 113 cm³/mol. The van der Waals surface area contributed by atoms with Gasteiger partial charge in [-0.1, -0.05) is 18.2 Å². The third-order valence-corrected chi connectivity index (χ3v) is 5.59. The number of nitrogens with two attached hydrogens (primary N) is 1. The molecule has 0 fully saturated rings. The zero-order valence-electron chi connectivity index (χ0n) is 17.7. The molecule has 1 amide bonds. The summed E-state index contributed by atoms with van der Waals surface area (Å²) in [6, 6.07) is 9.81. The molecule has 5 rings (SSSR count). The summed E-state index contributed by atoms with van der Waals surface area (Å²) >= 11 is 0. The number of ether oxygens (including phenoxy) is 1. The van der Waals surface area contributed by atoms with Crippen molar-refractivity contribution in [3.63, 3.8) is 0 Å². The summed E-state index contributed by atoms with van der Waals surface area (Å²) in [6.45, 7) is 0. The van der Waals surface area contributed by atoms with Crippen LogP contribution in [-0.4, -0.2) is 30.0 Å². The van der Waals surface area contributed by atoms with Crippen molar-refractivity contribution in [3.05, 3.63) is 87.7 Å². The van der Waals surface area contributed by atoms with Gasteiger partial charge >= 0.3 is 5.69 Å². The topological polar surface area (TPSA) is 110 Å². The maximum atomic E-state index is 14.8. The summed E-state index contributed by atoms with van der Waals surface area (Å²) in [4.78, 5) is 24.3. The Morgan fingerprint density at radius 2 is 1.88 bits per heavy atom. The van der Waals surface area contributed by atoms with E-state index in [1.165, 1.54) is 48.1 Å². The number of nitrogens with zero attached hydrogens (tertiary/aromatic N) is 5. The van der Waals surface area contributed by atoms with Gasteiger partial charge in [0, 0.05) is 31.2 Å². The smallest absolute Gasteiger partial charge is 0.351 e. The molecule has 0 saturated carbocycles. The van der Waals surface area contributed by atoms with Gasteiger partial charge in [0.15, 0.2) is 29.3 Å². The summed E-state index contributed by atoms with van der Waals surface area (Å²) in [6.07, 6.45) is -1.71. The van der Waals surface area contributed by atoms with Gasteiger partial charge in [0.25, 0.3) is 5.91 Å². The highest BCUT2D eigenvalue weighted by atomic mass is 19.1. The molecule has 9 nitrogen and oxygen atoms in total. The largest absolute Gasteiger partial charge is 0.436 e. The number of carbonyl (C=O) groups is 1. The molecule has 1 aliphatic rings. The van der Waals surface area contributed by atoms with Crippen molar-refractivity contribution < 1.29 is 22.7 Å². The van der Waals surface area contributed by atoms with Gasteiger partial charge in [-0.25, -0.2) is 22.6 Å². The summed E-state index contributed by atoms with van der Waals surface area (Å²) in [5.74, 6) is -2.49. The van der Waals surface area contributed by atoms with Gasteiger partial charge in [-0.2, -0.15) is 9.78 Å². The number of alkyl halides is 1. The lowest BCUT2D eigenvalue weighted by molar-refractivity contribution is 0.0995. The number of hydrogen-bond acceptors (Lipinski definition) is 5. The van der Waals surface area contributed by atoms with E-state index >= 15 is 0 Å². The van der Waals surface area contributed by atoms with Crippen molar-refractivity contribution in [1.29, 1.82) is 0 Å². The number of halogens is 3. The second-order valence-corrected chi connectivity index (χ2v) is 7.74. The molecule has 3 heterocycles. The van der Waals surface area contributed by atoms with Crippen LogP contribution in [0.3, 0.4) is 0 Å². The van der Waals surface area contributed by atoms with Crippen LogP contribution in [0, 0.1) is 11.6 Å². The normalized spacial score (nSPS) is 17.1. The first kappa shape index (κ1) is 21.5. The van der Waals surface area contributed by atoms with Crippen LogP contribution in [0.1, 0.15) is 40.5 Å². The second kappa shape index (κ2) is 7.90. The van der Waals surface area contributed by atoms with Crippen LogP contribution in [0.4, 0.5) is 13.2 Å². The van der Waals surface area contributed by atoms with E-state index < -0.39 is 35.4 Å². The van der Waals surface area contributed by atoms with Crippen molar-refractivity contribution in [2.24, 2.45) is 12.8 Å². The lowest BCUT2D eigenvalue weighted by atomic mass is 10.0. The zero-order chi connectivity index (χ0) is 24.1. The monoisotopic (exact) mass is 470 g/mol. The van der Waals surface area contributed by atoms with Crippen LogP contribution < -0.4 is 16.2 Å². The predicted octanol–water partition coefficient (Wildman–Crippen LogP) is 2.94. The molecule has 2 N–H and O–H groups in total. The summed E-state index contributed by atoms with van der Waals surface area (Å²) in [5.41, 5.74) is 4.60. The maximum absolute atomic E-state index is 14.8. The Morgan fingerprint density at radius 3 is 2.56 bits per heavy atom. The quantitative estimate of drug-likeness (QED) is 0.482. The number of primary amides is 1. The van der Waals surface area contributed by atoms with Crippen molar-refractivity contribution >= 4 is 5.91 Å². The number of fused-ring (bicyclic) bond motifs is 1. The lowest BCUT2D eigenvalue weighted by Crippen LogP contribution is -2.26. The molecule has 12 heteroatoms. The van der Waals surface area contributed by atoms with E-state index in [-0.39, 0.29) is 40.8 Å². The highest BCUT2D eigenvalue weighted by Gasteiger charge is 2.38. The summed E-state index contributed by atoms with van der Waals surface area (Å²) in [7, 11) is 1.49. The molecule has 4 aromatic rings. The molecule has 2 aromatic heterocycles. The Balaban J connectivity index is 1.49. The van der Waals surface area contributed by atoms with Crippen LogP contribution in [0.5, 0.6) is 11.6 Å². The maximum Gasteiger partial charge on any atom is 0.351 e. The Labute approximate surface area is 189 Å². The van der Waals surface area contributed by atoms with Crippen molar-refractivity contribution in [2.75, 3.05) is 0 Å². The van der Waals surface area contributed by atoms with Crippen LogP contribution >= 0.6 is 0 Å². The van der Waals surface area contributed by atoms with Crippen LogP contribution in [0.25, 0.3) is 5.69 Å². The lowest BCUT2D eigenvalue weighted by Gasteiger charge is -2.13. The van der Waals surface area contributed by atoms with Gasteiger partial charge in [-0.15, -0.1) is 5.10 Å². The van der Waals surface area contributed by atoms with E-state index in [4.69, 9.17) is 10.5 Å². The fraction of sp³-hybridized carbons (Fsp3) is 0.182. The number of benzene rings is 2. The SMILES string of the molecule is Cn1nc(C(N)=O)cc1Oc1ccc(-n2nc3n(c2=O)[C@H](c2ccccc2F)C[C@@H]3F)cc1F. The Hall–Kier alpha value is -4.35. The molecule has 0 spiro atoms. The molecule has 0 unspecified atom stereocenters. The third kappa shape index (κ3) is 3.43. The molecule has 34 heavy (non-hydrogen) atoms. The van der Waals surface area contributed by atoms with Gasteiger partial charge in [-0.05, 0) is 18.2 Å². The molecular weight excluding hydrogens is 453 g/mol. The molecule has 0 saturated heterocycles. The van der Waals surface area contributed by atoms with Crippen molar-refractivity contribution in [3.8, 4) is 17.3 Å². The van der Waals surface area contributed by atoms with E-state index in [0.717, 1.165) is 15.3 Å². The fourth-order valence-corrected chi connectivity index (χ4v) is 3.97. The first-order chi connectivity index (χ1) is 16.2.